The van der Waals surface area contributed by atoms with Crippen LogP contribution in [0.2, 0.25) is 0 Å². The summed E-state index contributed by atoms with van der Waals surface area (Å²) in [7, 11) is 0. The van der Waals surface area contributed by atoms with Crippen molar-refractivity contribution >= 4 is 22.8 Å². The van der Waals surface area contributed by atoms with E-state index < -0.39 is 12.5 Å². The second-order valence-electron chi connectivity index (χ2n) is 8.40. The number of aromatic nitrogens is 1. The van der Waals surface area contributed by atoms with Crippen LogP contribution in [0.1, 0.15) is 53.9 Å². The van der Waals surface area contributed by atoms with Crippen molar-refractivity contribution in [3.05, 3.63) is 53.6 Å². The van der Waals surface area contributed by atoms with E-state index in [4.69, 9.17) is 9.84 Å². The minimum Gasteiger partial charge on any atom is -0.491 e. The average molecular weight is 418 g/mol. The molecule has 0 spiro atoms. The number of para-hydroxylation sites is 1. The molecule has 1 aliphatic heterocycles. The topological polar surface area (TPSA) is 80.6 Å². The number of carbonyl (C=O) groups is 2. The molecule has 0 unspecified atom stereocenters. The van der Waals surface area contributed by atoms with Gasteiger partial charge in [0.05, 0.1) is 12.2 Å². The van der Waals surface area contributed by atoms with Gasteiger partial charge in [-0.15, -0.1) is 0 Å². The Balaban J connectivity index is 1.70. The number of benzene rings is 2. The number of carboxylic acid groups (broad SMARTS) is 1. The summed E-state index contributed by atoms with van der Waals surface area (Å²) >= 11 is 0. The van der Waals surface area contributed by atoms with Crippen molar-refractivity contribution in [3.63, 3.8) is 0 Å². The van der Waals surface area contributed by atoms with E-state index in [0.717, 1.165) is 16.8 Å². The van der Waals surface area contributed by atoms with Gasteiger partial charge in [-0.05, 0) is 48.6 Å². The molecule has 2 aliphatic rings. The third-order valence-corrected chi connectivity index (χ3v) is 6.49. The van der Waals surface area contributed by atoms with Crippen LogP contribution in [-0.4, -0.2) is 34.7 Å². The SMILES string of the molecule is O=C(O)CNC(=O)c1ccc2c(C3CCCCC3)c3n(c2c1)CCOc1ccccc1-3. The monoisotopic (exact) mass is 418 g/mol. The second kappa shape index (κ2) is 8.10. The van der Waals surface area contributed by atoms with Crippen LogP contribution in [0.4, 0.5) is 0 Å². The highest BCUT2D eigenvalue weighted by Gasteiger charge is 2.29. The zero-order valence-electron chi connectivity index (χ0n) is 17.4. The molecule has 1 aliphatic carbocycles. The van der Waals surface area contributed by atoms with Gasteiger partial charge in [0.25, 0.3) is 5.91 Å². The number of nitrogens with zero attached hydrogens (tertiary/aromatic N) is 1. The third-order valence-electron chi connectivity index (χ3n) is 6.49. The van der Waals surface area contributed by atoms with Gasteiger partial charge in [0, 0.05) is 22.0 Å². The largest absolute Gasteiger partial charge is 0.491 e. The summed E-state index contributed by atoms with van der Waals surface area (Å²) in [5.74, 6) is -0.0328. The number of aliphatic carboxylic acids is 1. The molecule has 6 nitrogen and oxygen atoms in total. The molecule has 5 rings (SSSR count). The minimum atomic E-state index is -1.06. The summed E-state index contributed by atoms with van der Waals surface area (Å²) in [6.07, 6.45) is 6.12. The first kappa shape index (κ1) is 19.7. The molecule has 160 valence electrons. The molecule has 2 aromatic carbocycles. The van der Waals surface area contributed by atoms with E-state index >= 15 is 0 Å². The van der Waals surface area contributed by atoms with Crippen molar-refractivity contribution in [2.45, 2.75) is 44.6 Å². The zero-order chi connectivity index (χ0) is 21.4. The van der Waals surface area contributed by atoms with E-state index in [9.17, 15) is 9.59 Å². The van der Waals surface area contributed by atoms with Crippen LogP contribution in [-0.2, 0) is 11.3 Å². The lowest BCUT2D eigenvalue weighted by atomic mass is 9.81. The van der Waals surface area contributed by atoms with Crippen molar-refractivity contribution in [3.8, 4) is 17.0 Å². The number of fused-ring (bicyclic) bond motifs is 5. The van der Waals surface area contributed by atoms with Crippen LogP contribution in [0.25, 0.3) is 22.2 Å². The molecule has 1 saturated carbocycles. The first-order chi connectivity index (χ1) is 15.1. The van der Waals surface area contributed by atoms with Gasteiger partial charge in [0.15, 0.2) is 0 Å². The molecule has 1 amide bonds. The zero-order valence-corrected chi connectivity index (χ0v) is 17.4. The van der Waals surface area contributed by atoms with Gasteiger partial charge in [-0.3, -0.25) is 9.59 Å². The average Bonchev–Trinajstić information content (AvgIpc) is 2.99. The molecule has 2 N–H and O–H groups in total. The fourth-order valence-corrected chi connectivity index (χ4v) is 5.14. The van der Waals surface area contributed by atoms with Crippen LogP contribution in [0, 0.1) is 0 Å². The first-order valence-corrected chi connectivity index (χ1v) is 11.0. The fourth-order valence-electron chi connectivity index (χ4n) is 5.14. The highest BCUT2D eigenvalue weighted by molar-refractivity contribution is 6.01. The number of rotatable bonds is 4. The molecule has 6 heteroatoms. The van der Waals surface area contributed by atoms with Gasteiger partial charge in [-0.25, -0.2) is 0 Å². The first-order valence-electron chi connectivity index (χ1n) is 11.0. The van der Waals surface area contributed by atoms with Crippen LogP contribution >= 0.6 is 0 Å². The van der Waals surface area contributed by atoms with Crippen LogP contribution in [0.5, 0.6) is 5.75 Å². The quantitative estimate of drug-likeness (QED) is 0.651. The number of carbonyl (C=O) groups excluding carboxylic acids is 1. The van der Waals surface area contributed by atoms with E-state index in [2.05, 4.69) is 16.0 Å². The molecule has 0 atom stereocenters. The van der Waals surface area contributed by atoms with E-state index in [0.29, 0.717) is 24.6 Å². The molecule has 0 radical (unpaired) electrons. The van der Waals surface area contributed by atoms with Gasteiger partial charge in [0.2, 0.25) is 0 Å². The van der Waals surface area contributed by atoms with Crippen molar-refractivity contribution in [2.24, 2.45) is 0 Å². The Kier molecular flexibility index (Phi) is 5.14. The Labute approximate surface area is 180 Å². The van der Waals surface area contributed by atoms with Crippen molar-refractivity contribution < 1.29 is 19.4 Å². The van der Waals surface area contributed by atoms with Crippen LogP contribution in [0.15, 0.2) is 42.5 Å². The fraction of sp³-hybridized carbons (Fsp3) is 0.360. The third kappa shape index (κ3) is 3.56. The molecule has 31 heavy (non-hydrogen) atoms. The van der Waals surface area contributed by atoms with Gasteiger partial charge >= 0.3 is 5.97 Å². The maximum Gasteiger partial charge on any atom is 0.322 e. The summed E-state index contributed by atoms with van der Waals surface area (Å²) < 4.78 is 8.35. The highest BCUT2D eigenvalue weighted by atomic mass is 16.5. The van der Waals surface area contributed by atoms with Crippen molar-refractivity contribution in [1.29, 1.82) is 0 Å². The van der Waals surface area contributed by atoms with Gasteiger partial charge < -0.3 is 19.7 Å². The molecule has 1 aromatic heterocycles. The maximum atomic E-state index is 12.5. The molecule has 3 aromatic rings. The number of hydrogen-bond acceptors (Lipinski definition) is 3. The minimum absolute atomic E-state index is 0.371. The number of amides is 1. The lowest BCUT2D eigenvalue weighted by Gasteiger charge is -2.23. The summed E-state index contributed by atoms with van der Waals surface area (Å²) in [4.78, 5) is 23.4. The Morgan fingerprint density at radius 3 is 2.71 bits per heavy atom. The van der Waals surface area contributed by atoms with Gasteiger partial charge in [0.1, 0.15) is 18.9 Å². The van der Waals surface area contributed by atoms with E-state index in [1.54, 1.807) is 0 Å². The van der Waals surface area contributed by atoms with Gasteiger partial charge in [-0.1, -0.05) is 37.5 Å². The molecule has 0 saturated heterocycles. The number of nitrogens with one attached hydrogen (secondary N) is 1. The van der Waals surface area contributed by atoms with E-state index in [1.807, 2.05) is 36.4 Å². The van der Waals surface area contributed by atoms with Crippen LogP contribution < -0.4 is 10.1 Å². The smallest absolute Gasteiger partial charge is 0.322 e. The highest BCUT2D eigenvalue weighted by Crippen LogP contribution is 2.47. The van der Waals surface area contributed by atoms with E-state index in [-0.39, 0.29) is 5.91 Å². The summed E-state index contributed by atoms with van der Waals surface area (Å²) in [5, 5.41) is 12.5. The maximum absolute atomic E-state index is 12.5. The lowest BCUT2D eigenvalue weighted by Crippen LogP contribution is -2.29. The van der Waals surface area contributed by atoms with Crippen LogP contribution in [0.3, 0.4) is 0 Å². The summed E-state index contributed by atoms with van der Waals surface area (Å²) in [5.41, 5.74) is 5.17. The number of carboxylic acids is 1. The molecular weight excluding hydrogens is 392 g/mol. The Morgan fingerprint density at radius 2 is 1.90 bits per heavy atom. The Hall–Kier alpha value is -3.28. The lowest BCUT2D eigenvalue weighted by molar-refractivity contribution is -0.135. The number of ether oxygens (including phenoxy) is 1. The Morgan fingerprint density at radius 1 is 1.10 bits per heavy atom. The second-order valence-corrected chi connectivity index (χ2v) is 8.40. The predicted molar refractivity (Wildman–Crippen MR) is 119 cm³/mol. The standard InChI is InChI=1S/C25H26N2O4/c28-22(29)15-26-25(30)17-10-11-18-20(14-17)27-12-13-31-21-9-5-4-8-19(21)24(27)23(18)16-6-2-1-3-7-16/h4-5,8-11,14,16H,1-3,6-7,12-13,15H2,(H,26,30)(H,28,29). The molecule has 1 fully saturated rings. The van der Waals surface area contributed by atoms with Crippen molar-refractivity contribution in [1.82, 2.24) is 9.88 Å². The summed E-state index contributed by atoms with van der Waals surface area (Å²) in [6.45, 7) is 0.873. The predicted octanol–water partition coefficient (Wildman–Crippen LogP) is 4.56. The Bertz CT molecular complexity index is 1160. The molecular formula is C25H26N2O4. The normalized spacial score (nSPS) is 16.1. The molecule has 2 heterocycles. The van der Waals surface area contributed by atoms with Crippen molar-refractivity contribution in [2.75, 3.05) is 13.2 Å². The molecule has 0 bridgehead atoms. The van der Waals surface area contributed by atoms with Gasteiger partial charge in [-0.2, -0.15) is 0 Å². The summed E-state index contributed by atoms with van der Waals surface area (Å²) in [6, 6.07) is 14.0. The number of hydrogen-bond donors (Lipinski definition) is 2. The van der Waals surface area contributed by atoms with E-state index in [1.165, 1.54) is 48.7 Å².